The topological polar surface area (TPSA) is 115 Å². The number of carbonyl (C=O) groups excluding carboxylic acids is 1. The minimum absolute atomic E-state index is 0.00685. The van der Waals surface area contributed by atoms with Gasteiger partial charge >= 0.3 is 12.1 Å². The smallest absolute Gasteiger partial charge is 0.408 e. The van der Waals surface area contributed by atoms with E-state index in [1.807, 2.05) is 44.2 Å². The van der Waals surface area contributed by atoms with E-state index in [-0.39, 0.29) is 24.3 Å². The second-order valence-electron chi connectivity index (χ2n) is 5.97. The van der Waals surface area contributed by atoms with E-state index in [9.17, 15) is 9.59 Å². The summed E-state index contributed by atoms with van der Waals surface area (Å²) in [6, 6.07) is 8.72. The molecule has 0 bridgehead atoms. The predicted molar refractivity (Wildman–Crippen MR) is 87.7 cm³/mol. The van der Waals surface area contributed by atoms with E-state index >= 15 is 0 Å². The Balaban J connectivity index is 2.01. The maximum Gasteiger partial charge on any atom is 0.408 e. The number of nitrogens with zero attached hydrogens (tertiary/aromatic N) is 2. The summed E-state index contributed by atoms with van der Waals surface area (Å²) in [6.45, 7) is 5.33. The van der Waals surface area contributed by atoms with Crippen LogP contribution >= 0.6 is 0 Å². The number of hydrogen-bond donors (Lipinski definition) is 2. The highest BCUT2D eigenvalue weighted by Crippen LogP contribution is 2.23. The highest BCUT2D eigenvalue weighted by molar-refractivity contribution is 5.73. The van der Waals surface area contributed by atoms with E-state index in [1.54, 1.807) is 0 Å². The fourth-order valence-corrected chi connectivity index (χ4v) is 2.06. The molecule has 0 saturated heterocycles. The van der Waals surface area contributed by atoms with Crippen molar-refractivity contribution in [2.75, 3.05) is 0 Å². The molecule has 2 rings (SSSR count). The van der Waals surface area contributed by atoms with Gasteiger partial charge in [-0.15, -0.1) is 10.2 Å². The summed E-state index contributed by atoms with van der Waals surface area (Å²) in [5.41, 5.74) is 0.870. The Labute approximate surface area is 145 Å². The molecular formula is C17H21N3O5. The second-order valence-corrected chi connectivity index (χ2v) is 5.97. The van der Waals surface area contributed by atoms with Crippen molar-refractivity contribution >= 4 is 12.1 Å². The lowest BCUT2D eigenvalue weighted by molar-refractivity contribution is -0.138. The van der Waals surface area contributed by atoms with Gasteiger partial charge in [0.25, 0.3) is 0 Å². The summed E-state index contributed by atoms with van der Waals surface area (Å²) in [5.74, 6) is -1.90. The molecule has 2 aromatic rings. The van der Waals surface area contributed by atoms with E-state index in [2.05, 4.69) is 15.5 Å². The van der Waals surface area contributed by atoms with Gasteiger partial charge in [0.05, 0.1) is 0 Å². The van der Waals surface area contributed by atoms with Gasteiger partial charge < -0.3 is 19.6 Å². The number of nitrogens with one attached hydrogen (secondary N) is 1. The lowest BCUT2D eigenvalue weighted by atomic mass is 10.1. The SMILES string of the molecule is CC(C(=O)O)c1nnc([C@@H](NC(=O)OCc2ccccc2)C(C)C)o1. The van der Waals surface area contributed by atoms with E-state index in [1.165, 1.54) is 6.92 Å². The van der Waals surface area contributed by atoms with E-state index in [0.29, 0.717) is 0 Å². The summed E-state index contributed by atoms with van der Waals surface area (Å²) in [6.07, 6.45) is -0.617. The molecule has 0 spiro atoms. The number of hydrogen-bond acceptors (Lipinski definition) is 6. The maximum atomic E-state index is 12.0. The Kier molecular flexibility index (Phi) is 6.10. The number of ether oxygens (including phenoxy) is 1. The van der Waals surface area contributed by atoms with Gasteiger partial charge in [0.2, 0.25) is 11.8 Å². The molecular weight excluding hydrogens is 326 g/mol. The third kappa shape index (κ3) is 5.03. The van der Waals surface area contributed by atoms with Crippen LogP contribution in [0.5, 0.6) is 0 Å². The molecule has 2 N–H and O–H groups in total. The molecule has 134 valence electrons. The number of benzene rings is 1. The summed E-state index contributed by atoms with van der Waals surface area (Å²) in [4.78, 5) is 23.0. The first-order valence-corrected chi connectivity index (χ1v) is 7.91. The Hall–Kier alpha value is -2.90. The number of carboxylic acid groups (broad SMARTS) is 1. The number of rotatable bonds is 7. The second kappa shape index (κ2) is 8.27. The zero-order valence-corrected chi connectivity index (χ0v) is 14.3. The summed E-state index contributed by atoms with van der Waals surface area (Å²) in [7, 11) is 0. The number of alkyl carbamates (subject to hydrolysis) is 1. The van der Waals surface area contributed by atoms with Crippen LogP contribution in [-0.2, 0) is 16.1 Å². The Morgan fingerprint density at radius 1 is 1.16 bits per heavy atom. The van der Waals surface area contributed by atoms with E-state index < -0.39 is 24.0 Å². The van der Waals surface area contributed by atoms with Crippen LogP contribution < -0.4 is 5.32 Å². The number of amides is 1. The van der Waals surface area contributed by atoms with Crippen molar-refractivity contribution in [2.45, 2.75) is 39.3 Å². The van der Waals surface area contributed by atoms with Crippen molar-refractivity contribution in [3.05, 3.63) is 47.7 Å². The van der Waals surface area contributed by atoms with Crippen LogP contribution in [0.15, 0.2) is 34.7 Å². The Morgan fingerprint density at radius 3 is 2.40 bits per heavy atom. The molecule has 0 aliphatic heterocycles. The molecule has 1 heterocycles. The van der Waals surface area contributed by atoms with Crippen LogP contribution in [0.4, 0.5) is 4.79 Å². The first-order valence-electron chi connectivity index (χ1n) is 7.91. The first-order chi connectivity index (χ1) is 11.9. The third-order valence-corrected chi connectivity index (χ3v) is 3.62. The molecule has 0 aliphatic rings. The van der Waals surface area contributed by atoms with Gasteiger partial charge in [-0.3, -0.25) is 4.79 Å². The molecule has 1 aromatic carbocycles. The van der Waals surface area contributed by atoms with Crippen molar-refractivity contribution in [1.82, 2.24) is 15.5 Å². The van der Waals surface area contributed by atoms with Gasteiger partial charge in [0, 0.05) is 0 Å². The Bertz CT molecular complexity index is 714. The monoisotopic (exact) mass is 347 g/mol. The highest BCUT2D eigenvalue weighted by atomic mass is 16.5. The normalized spacial score (nSPS) is 13.3. The number of aliphatic carboxylic acids is 1. The van der Waals surface area contributed by atoms with Gasteiger partial charge in [-0.1, -0.05) is 44.2 Å². The molecule has 1 aromatic heterocycles. The molecule has 8 nitrogen and oxygen atoms in total. The van der Waals surface area contributed by atoms with Crippen LogP contribution in [0.2, 0.25) is 0 Å². The molecule has 2 atom stereocenters. The molecule has 25 heavy (non-hydrogen) atoms. The van der Waals surface area contributed by atoms with Crippen molar-refractivity contribution in [2.24, 2.45) is 5.92 Å². The highest BCUT2D eigenvalue weighted by Gasteiger charge is 2.27. The standard InChI is InChI=1S/C17H21N3O5/c1-10(2)13(15-20-19-14(25-15)11(3)16(21)22)18-17(23)24-9-12-7-5-4-6-8-12/h4-8,10-11,13H,9H2,1-3H3,(H,18,23)(H,21,22)/t11?,13-/m0/s1. The molecule has 0 radical (unpaired) electrons. The number of carboxylic acids is 1. The molecule has 0 saturated carbocycles. The Morgan fingerprint density at radius 2 is 1.80 bits per heavy atom. The lowest BCUT2D eigenvalue weighted by Gasteiger charge is -2.18. The molecule has 8 heteroatoms. The number of aromatic nitrogens is 2. The van der Waals surface area contributed by atoms with Crippen LogP contribution in [0.3, 0.4) is 0 Å². The van der Waals surface area contributed by atoms with E-state index in [4.69, 9.17) is 14.3 Å². The van der Waals surface area contributed by atoms with Crippen molar-refractivity contribution in [3.8, 4) is 0 Å². The summed E-state index contributed by atoms with van der Waals surface area (Å²) in [5, 5.41) is 19.3. The first kappa shape index (κ1) is 18.4. The average molecular weight is 347 g/mol. The lowest BCUT2D eigenvalue weighted by Crippen LogP contribution is -2.32. The molecule has 1 amide bonds. The van der Waals surface area contributed by atoms with Gasteiger partial charge in [-0.25, -0.2) is 4.79 Å². The maximum absolute atomic E-state index is 12.0. The minimum Gasteiger partial charge on any atom is -0.481 e. The van der Waals surface area contributed by atoms with Crippen molar-refractivity contribution in [3.63, 3.8) is 0 Å². The zero-order chi connectivity index (χ0) is 18.4. The summed E-state index contributed by atoms with van der Waals surface area (Å²) >= 11 is 0. The molecule has 0 aliphatic carbocycles. The van der Waals surface area contributed by atoms with Gasteiger partial charge in [-0.2, -0.15) is 0 Å². The largest absolute Gasteiger partial charge is 0.481 e. The van der Waals surface area contributed by atoms with Crippen LogP contribution in [0.1, 0.15) is 50.1 Å². The quantitative estimate of drug-likeness (QED) is 0.791. The third-order valence-electron chi connectivity index (χ3n) is 3.62. The van der Waals surface area contributed by atoms with Crippen LogP contribution in [0.25, 0.3) is 0 Å². The predicted octanol–water partition coefficient (Wildman–Crippen LogP) is 2.88. The molecule has 0 fully saturated rings. The van der Waals surface area contributed by atoms with Crippen LogP contribution in [0, 0.1) is 5.92 Å². The van der Waals surface area contributed by atoms with Gasteiger partial charge in [0.15, 0.2) is 0 Å². The molecule has 1 unspecified atom stereocenters. The summed E-state index contributed by atoms with van der Waals surface area (Å²) < 4.78 is 10.6. The minimum atomic E-state index is -1.06. The zero-order valence-electron chi connectivity index (χ0n) is 14.3. The number of carbonyl (C=O) groups is 2. The fourth-order valence-electron chi connectivity index (χ4n) is 2.06. The fraction of sp³-hybridized carbons (Fsp3) is 0.412. The van der Waals surface area contributed by atoms with Gasteiger partial charge in [0.1, 0.15) is 18.6 Å². The van der Waals surface area contributed by atoms with Crippen LogP contribution in [-0.4, -0.2) is 27.4 Å². The van der Waals surface area contributed by atoms with Gasteiger partial charge in [-0.05, 0) is 18.4 Å². The average Bonchev–Trinajstić information content (AvgIpc) is 3.07. The van der Waals surface area contributed by atoms with Crippen molar-refractivity contribution < 1.29 is 23.8 Å². The van der Waals surface area contributed by atoms with E-state index in [0.717, 1.165) is 5.56 Å². The van der Waals surface area contributed by atoms with Crippen molar-refractivity contribution in [1.29, 1.82) is 0 Å².